The third-order valence-corrected chi connectivity index (χ3v) is 6.13. The van der Waals surface area contributed by atoms with E-state index in [1.54, 1.807) is 4.90 Å². The summed E-state index contributed by atoms with van der Waals surface area (Å²) in [7, 11) is 0. The SMILES string of the molecule is CCC(C(=O)NC(C)(C)C)N(Cc1ccc(C)cc1)C(=O)CSCc1ccccc1Cl. The Labute approximate surface area is 195 Å². The Morgan fingerprint density at radius 1 is 1.10 bits per heavy atom. The zero-order chi connectivity index (χ0) is 23.0. The summed E-state index contributed by atoms with van der Waals surface area (Å²) in [4.78, 5) is 28.0. The van der Waals surface area contributed by atoms with E-state index in [0.717, 1.165) is 16.7 Å². The molecule has 0 aliphatic heterocycles. The van der Waals surface area contributed by atoms with Crippen molar-refractivity contribution in [3.05, 3.63) is 70.2 Å². The maximum absolute atomic E-state index is 13.3. The molecular weight excluding hydrogens is 428 g/mol. The molecule has 0 aromatic heterocycles. The van der Waals surface area contributed by atoms with Gasteiger partial charge in [-0.15, -0.1) is 11.8 Å². The first-order valence-corrected chi connectivity index (χ1v) is 12.1. The van der Waals surface area contributed by atoms with Crippen LogP contribution in [-0.4, -0.2) is 34.0 Å². The van der Waals surface area contributed by atoms with Crippen LogP contribution < -0.4 is 5.32 Å². The number of carbonyl (C=O) groups is 2. The molecular formula is C25H33ClN2O2S. The molecule has 0 saturated carbocycles. The number of aryl methyl sites for hydroxylation is 1. The number of nitrogens with zero attached hydrogens (tertiary/aromatic N) is 1. The van der Waals surface area contributed by atoms with Crippen molar-refractivity contribution in [2.45, 2.75) is 64.9 Å². The summed E-state index contributed by atoms with van der Waals surface area (Å²) >= 11 is 7.75. The van der Waals surface area contributed by atoms with Gasteiger partial charge in [0, 0.05) is 22.9 Å². The zero-order valence-corrected chi connectivity index (χ0v) is 20.6. The van der Waals surface area contributed by atoms with Gasteiger partial charge in [0.2, 0.25) is 11.8 Å². The number of hydrogen-bond acceptors (Lipinski definition) is 3. The van der Waals surface area contributed by atoms with Crippen LogP contribution >= 0.6 is 23.4 Å². The van der Waals surface area contributed by atoms with Crippen molar-refractivity contribution >= 4 is 35.2 Å². The monoisotopic (exact) mass is 460 g/mol. The Bertz CT molecular complexity index is 878. The number of amides is 2. The summed E-state index contributed by atoms with van der Waals surface area (Å²) in [6, 6.07) is 15.2. The van der Waals surface area contributed by atoms with Crippen molar-refractivity contribution < 1.29 is 9.59 Å². The third kappa shape index (κ3) is 8.23. The van der Waals surface area contributed by atoms with Gasteiger partial charge in [0.25, 0.3) is 0 Å². The smallest absolute Gasteiger partial charge is 0.243 e. The third-order valence-electron chi connectivity index (χ3n) is 4.80. The number of carbonyl (C=O) groups excluding carboxylic acids is 2. The van der Waals surface area contributed by atoms with Crippen LogP contribution in [0.4, 0.5) is 0 Å². The van der Waals surface area contributed by atoms with E-state index in [0.29, 0.717) is 23.7 Å². The summed E-state index contributed by atoms with van der Waals surface area (Å²) in [5, 5.41) is 3.74. The Balaban J connectivity index is 2.16. The standard InChI is InChI=1S/C25H33ClN2O2S/c1-6-22(24(30)27-25(3,4)5)28(15-19-13-11-18(2)12-14-19)23(29)17-31-16-20-9-7-8-10-21(20)26/h7-14,22H,6,15-17H2,1-5H3,(H,27,30). The van der Waals surface area contributed by atoms with E-state index in [1.165, 1.54) is 11.8 Å². The molecule has 2 aromatic rings. The first-order chi connectivity index (χ1) is 14.6. The van der Waals surface area contributed by atoms with E-state index in [2.05, 4.69) is 5.32 Å². The molecule has 2 rings (SSSR count). The molecule has 0 bridgehead atoms. The fourth-order valence-electron chi connectivity index (χ4n) is 3.21. The summed E-state index contributed by atoms with van der Waals surface area (Å²) < 4.78 is 0. The highest BCUT2D eigenvalue weighted by Crippen LogP contribution is 2.22. The summed E-state index contributed by atoms with van der Waals surface area (Å²) in [6.07, 6.45) is 0.550. The minimum atomic E-state index is -0.519. The van der Waals surface area contributed by atoms with Crippen LogP contribution in [0, 0.1) is 6.92 Å². The molecule has 1 unspecified atom stereocenters. The average molecular weight is 461 g/mol. The second kappa shape index (κ2) is 11.6. The van der Waals surface area contributed by atoms with Crippen LogP contribution in [0.2, 0.25) is 5.02 Å². The summed E-state index contributed by atoms with van der Waals surface area (Å²) in [5.74, 6) is 0.769. The molecule has 0 aliphatic rings. The van der Waals surface area contributed by atoms with Crippen molar-refractivity contribution in [1.29, 1.82) is 0 Å². The molecule has 2 amide bonds. The van der Waals surface area contributed by atoms with Crippen molar-refractivity contribution in [3.63, 3.8) is 0 Å². The van der Waals surface area contributed by atoms with Crippen molar-refractivity contribution in [3.8, 4) is 0 Å². The number of thioether (sulfide) groups is 1. The van der Waals surface area contributed by atoms with Crippen LogP contribution in [0.25, 0.3) is 0 Å². The Hall–Kier alpha value is -1.98. The topological polar surface area (TPSA) is 49.4 Å². The quantitative estimate of drug-likeness (QED) is 0.529. The molecule has 2 aromatic carbocycles. The fraction of sp³-hybridized carbons (Fsp3) is 0.440. The van der Waals surface area contributed by atoms with Gasteiger partial charge in [-0.1, -0.05) is 66.6 Å². The molecule has 6 heteroatoms. The minimum Gasteiger partial charge on any atom is -0.350 e. The van der Waals surface area contributed by atoms with Crippen molar-refractivity contribution in [2.75, 3.05) is 5.75 Å². The Morgan fingerprint density at radius 3 is 2.32 bits per heavy atom. The molecule has 0 saturated heterocycles. The molecule has 0 spiro atoms. The predicted molar refractivity (Wildman–Crippen MR) is 131 cm³/mol. The van der Waals surface area contributed by atoms with Gasteiger partial charge in [-0.3, -0.25) is 9.59 Å². The van der Waals surface area contributed by atoms with Crippen molar-refractivity contribution in [1.82, 2.24) is 10.2 Å². The lowest BCUT2D eigenvalue weighted by atomic mass is 10.1. The van der Waals surface area contributed by atoms with Gasteiger partial charge < -0.3 is 10.2 Å². The number of halogens is 1. The molecule has 0 fully saturated rings. The molecule has 1 atom stereocenters. The zero-order valence-electron chi connectivity index (χ0n) is 19.1. The summed E-state index contributed by atoms with van der Waals surface area (Å²) in [6.45, 7) is 10.2. The van der Waals surface area contributed by atoms with Gasteiger partial charge in [-0.2, -0.15) is 0 Å². The highest BCUT2D eigenvalue weighted by Gasteiger charge is 2.30. The summed E-state index contributed by atoms with van der Waals surface area (Å²) in [5.41, 5.74) is 2.82. The van der Waals surface area contributed by atoms with Crippen molar-refractivity contribution in [2.24, 2.45) is 0 Å². The first kappa shape index (κ1) is 25.3. The van der Waals surface area contributed by atoms with Gasteiger partial charge in [0.15, 0.2) is 0 Å². The van der Waals surface area contributed by atoms with Crippen LogP contribution in [-0.2, 0) is 21.9 Å². The van der Waals surface area contributed by atoms with Crippen LogP contribution in [0.5, 0.6) is 0 Å². The highest BCUT2D eigenvalue weighted by atomic mass is 35.5. The van der Waals surface area contributed by atoms with E-state index < -0.39 is 6.04 Å². The molecule has 168 valence electrons. The molecule has 0 heterocycles. The maximum Gasteiger partial charge on any atom is 0.243 e. The van der Waals surface area contributed by atoms with E-state index in [9.17, 15) is 9.59 Å². The molecule has 0 aliphatic carbocycles. The molecule has 31 heavy (non-hydrogen) atoms. The molecule has 0 radical (unpaired) electrons. The largest absolute Gasteiger partial charge is 0.350 e. The Kier molecular flexibility index (Phi) is 9.45. The van der Waals surface area contributed by atoms with Gasteiger partial charge >= 0.3 is 0 Å². The van der Waals surface area contributed by atoms with E-state index in [4.69, 9.17) is 11.6 Å². The lowest BCUT2D eigenvalue weighted by Crippen LogP contribution is -2.53. The minimum absolute atomic E-state index is 0.0477. The second-order valence-corrected chi connectivity index (χ2v) is 10.1. The van der Waals surface area contributed by atoms with E-state index in [1.807, 2.05) is 83.1 Å². The van der Waals surface area contributed by atoms with E-state index >= 15 is 0 Å². The maximum atomic E-state index is 13.3. The lowest BCUT2D eigenvalue weighted by molar-refractivity contribution is -0.140. The lowest BCUT2D eigenvalue weighted by Gasteiger charge is -2.33. The number of benzene rings is 2. The predicted octanol–water partition coefficient (Wildman–Crippen LogP) is 5.60. The fourth-order valence-corrected chi connectivity index (χ4v) is 4.41. The average Bonchev–Trinajstić information content (AvgIpc) is 2.69. The van der Waals surface area contributed by atoms with Gasteiger partial charge in [-0.25, -0.2) is 0 Å². The molecule has 1 N–H and O–H groups in total. The van der Waals surface area contributed by atoms with Gasteiger partial charge in [0.1, 0.15) is 6.04 Å². The normalized spacial score (nSPS) is 12.3. The first-order valence-electron chi connectivity index (χ1n) is 10.6. The molecule has 4 nitrogen and oxygen atoms in total. The number of hydrogen-bond donors (Lipinski definition) is 1. The van der Waals surface area contributed by atoms with Gasteiger partial charge in [-0.05, 0) is 51.3 Å². The van der Waals surface area contributed by atoms with Crippen LogP contribution in [0.3, 0.4) is 0 Å². The highest BCUT2D eigenvalue weighted by molar-refractivity contribution is 7.99. The Morgan fingerprint density at radius 2 is 1.74 bits per heavy atom. The van der Waals surface area contributed by atoms with Gasteiger partial charge in [0.05, 0.1) is 5.75 Å². The van der Waals surface area contributed by atoms with E-state index in [-0.39, 0.29) is 23.1 Å². The second-order valence-electron chi connectivity index (χ2n) is 8.75. The van der Waals surface area contributed by atoms with Crippen LogP contribution in [0.1, 0.15) is 50.8 Å². The number of rotatable bonds is 9. The van der Waals surface area contributed by atoms with Crippen LogP contribution in [0.15, 0.2) is 48.5 Å². The number of nitrogens with one attached hydrogen (secondary N) is 1.